The minimum absolute atomic E-state index is 0.0751. The molecule has 1 N–H and O–H groups in total. The molecule has 214 valence electrons. The maximum atomic E-state index is 13.5. The van der Waals surface area contributed by atoms with E-state index in [2.05, 4.69) is 24.1 Å². The number of aromatic nitrogens is 2. The van der Waals surface area contributed by atoms with Gasteiger partial charge in [0.25, 0.3) is 5.56 Å². The first-order chi connectivity index (χ1) is 18.5. The Bertz CT molecular complexity index is 991. The number of ether oxygens (including phenoxy) is 1. The van der Waals surface area contributed by atoms with E-state index >= 15 is 0 Å². The predicted octanol–water partition coefficient (Wildman–Crippen LogP) is 7.98. The van der Waals surface area contributed by atoms with Crippen molar-refractivity contribution in [1.29, 1.82) is 0 Å². The van der Waals surface area contributed by atoms with Crippen molar-refractivity contribution in [3.05, 3.63) is 40.3 Å². The van der Waals surface area contributed by atoms with E-state index in [9.17, 15) is 9.59 Å². The van der Waals surface area contributed by atoms with E-state index in [0.717, 1.165) is 24.8 Å². The van der Waals surface area contributed by atoms with Gasteiger partial charge in [0.05, 0.1) is 17.6 Å². The summed E-state index contributed by atoms with van der Waals surface area (Å²) < 4.78 is 6.91. The third-order valence-corrected chi connectivity index (χ3v) is 7.54. The second-order valence-corrected chi connectivity index (χ2v) is 10.5. The number of nitrogens with one attached hydrogen (secondary N) is 1. The molecule has 1 heterocycles. The first kappa shape index (κ1) is 32.0. The summed E-state index contributed by atoms with van der Waals surface area (Å²) in [5, 5.41) is 4.01. The van der Waals surface area contributed by atoms with E-state index in [-0.39, 0.29) is 23.9 Å². The number of nitrogens with zero attached hydrogens (tertiary/aromatic N) is 2. The van der Waals surface area contributed by atoms with Crippen LogP contribution in [0.4, 0.5) is 0 Å². The van der Waals surface area contributed by atoms with E-state index in [1.54, 1.807) is 11.5 Å². The number of para-hydroxylation sites is 2. The molecule has 1 aliphatic rings. The first-order valence-electron chi connectivity index (χ1n) is 15.5. The Morgan fingerprint density at radius 3 is 2.16 bits per heavy atom. The molecule has 0 spiro atoms. The van der Waals surface area contributed by atoms with Crippen molar-refractivity contribution < 1.29 is 9.53 Å². The molecule has 0 radical (unpaired) electrons. The van der Waals surface area contributed by atoms with Gasteiger partial charge in [-0.15, -0.1) is 0 Å². The van der Waals surface area contributed by atoms with Gasteiger partial charge in [0.15, 0.2) is 0 Å². The quantitative estimate of drug-likeness (QED) is 0.335. The molecule has 2 atom stereocenters. The lowest BCUT2D eigenvalue weighted by Crippen LogP contribution is -2.41. The Morgan fingerprint density at radius 1 is 1.00 bits per heavy atom. The van der Waals surface area contributed by atoms with Crippen molar-refractivity contribution in [2.24, 2.45) is 0 Å². The van der Waals surface area contributed by atoms with Crippen molar-refractivity contribution in [3.63, 3.8) is 0 Å². The summed E-state index contributed by atoms with van der Waals surface area (Å²) in [6.07, 6.45) is 17.6. The summed E-state index contributed by atoms with van der Waals surface area (Å²) in [5.41, 5.74) is 0.929. The second-order valence-electron chi connectivity index (χ2n) is 10.5. The highest BCUT2D eigenvalue weighted by Crippen LogP contribution is 2.23. The number of fused-ring (bicyclic) bond motifs is 1. The molecule has 0 amide bonds. The fourth-order valence-corrected chi connectivity index (χ4v) is 5.72. The lowest BCUT2D eigenvalue weighted by Gasteiger charge is -2.29. The molecule has 2 unspecified atom stereocenters. The van der Waals surface area contributed by atoms with Crippen LogP contribution in [-0.4, -0.2) is 34.2 Å². The summed E-state index contributed by atoms with van der Waals surface area (Å²) in [6.45, 7) is 10.3. The molecule has 1 aromatic carbocycles. The molecule has 0 saturated heterocycles. The van der Waals surface area contributed by atoms with Crippen LogP contribution in [0.5, 0.6) is 0 Å². The van der Waals surface area contributed by atoms with Crippen LogP contribution in [0.3, 0.4) is 0 Å². The summed E-state index contributed by atoms with van der Waals surface area (Å²) in [5.74, 6) is -0.648. The third-order valence-electron chi connectivity index (χ3n) is 7.54. The number of carbonyl (C=O) groups excluding carboxylic acids is 1. The van der Waals surface area contributed by atoms with Crippen LogP contribution in [0.15, 0.2) is 29.1 Å². The van der Waals surface area contributed by atoms with Crippen LogP contribution >= 0.6 is 0 Å². The Labute approximate surface area is 231 Å². The number of rotatable bonds is 9. The molecular formula is C32H53N3O3. The van der Waals surface area contributed by atoms with E-state index in [4.69, 9.17) is 4.74 Å². The van der Waals surface area contributed by atoms with Gasteiger partial charge in [-0.3, -0.25) is 4.79 Å². The van der Waals surface area contributed by atoms with Crippen LogP contribution in [0.1, 0.15) is 141 Å². The molecule has 2 aromatic rings. The van der Waals surface area contributed by atoms with Gasteiger partial charge in [-0.05, 0) is 51.7 Å². The summed E-state index contributed by atoms with van der Waals surface area (Å²) in [7, 11) is 0. The van der Waals surface area contributed by atoms with Crippen molar-refractivity contribution in [3.8, 4) is 0 Å². The SMILES string of the molecule is CC.CCCC(CC(C)n1c(=O)c(C(=O)OCC)nc2ccccc21)NC1CCCCCCCCCCC1. The molecule has 0 bridgehead atoms. The average molecular weight is 528 g/mol. The number of esters is 1. The Kier molecular flexibility index (Phi) is 15.3. The zero-order chi connectivity index (χ0) is 27.8. The van der Waals surface area contributed by atoms with Gasteiger partial charge in [0.2, 0.25) is 5.69 Å². The molecule has 1 aromatic heterocycles. The Hall–Kier alpha value is -2.21. The molecule has 1 aliphatic carbocycles. The number of hydrogen-bond acceptors (Lipinski definition) is 5. The highest BCUT2D eigenvalue weighted by molar-refractivity contribution is 5.89. The van der Waals surface area contributed by atoms with Crippen LogP contribution in [0.25, 0.3) is 11.0 Å². The standard InChI is InChI=1S/C30H47N3O3.C2H6/c1-4-17-25(31-24-18-13-11-9-7-6-8-10-12-14-19-24)22-23(3)33-27-21-16-15-20-26(27)32-28(29(33)34)30(35)36-5-2;1-2/h15-16,20-21,23-25,31H,4-14,17-19,22H2,1-3H3;1-2H3. The minimum atomic E-state index is -0.648. The zero-order valence-corrected chi connectivity index (χ0v) is 24.8. The predicted molar refractivity (Wildman–Crippen MR) is 159 cm³/mol. The summed E-state index contributed by atoms with van der Waals surface area (Å²) in [6, 6.07) is 8.37. The Balaban J connectivity index is 0.00000247. The molecule has 38 heavy (non-hydrogen) atoms. The van der Waals surface area contributed by atoms with Gasteiger partial charge in [-0.25, -0.2) is 9.78 Å². The molecule has 0 aliphatic heterocycles. The fourth-order valence-electron chi connectivity index (χ4n) is 5.72. The summed E-state index contributed by atoms with van der Waals surface area (Å²) >= 11 is 0. The average Bonchev–Trinajstić information content (AvgIpc) is 2.91. The number of carbonyl (C=O) groups is 1. The molecule has 6 nitrogen and oxygen atoms in total. The van der Waals surface area contributed by atoms with Crippen molar-refractivity contribution in [1.82, 2.24) is 14.9 Å². The molecular weight excluding hydrogens is 474 g/mol. The zero-order valence-electron chi connectivity index (χ0n) is 24.8. The van der Waals surface area contributed by atoms with Crippen molar-refractivity contribution in [2.45, 2.75) is 143 Å². The first-order valence-corrected chi connectivity index (χ1v) is 15.5. The highest BCUT2D eigenvalue weighted by Gasteiger charge is 2.24. The van der Waals surface area contributed by atoms with Gasteiger partial charge in [0, 0.05) is 18.1 Å². The maximum absolute atomic E-state index is 13.5. The Morgan fingerprint density at radius 2 is 1.58 bits per heavy atom. The molecule has 3 rings (SSSR count). The van der Waals surface area contributed by atoms with Crippen LogP contribution in [-0.2, 0) is 4.74 Å². The third kappa shape index (κ3) is 9.83. The van der Waals surface area contributed by atoms with Crippen molar-refractivity contribution >= 4 is 17.0 Å². The number of hydrogen-bond donors (Lipinski definition) is 1. The van der Waals surface area contributed by atoms with Crippen molar-refractivity contribution in [2.75, 3.05) is 6.61 Å². The van der Waals surface area contributed by atoms with Gasteiger partial charge in [0.1, 0.15) is 0 Å². The van der Waals surface area contributed by atoms with Gasteiger partial charge in [-0.2, -0.15) is 0 Å². The maximum Gasteiger partial charge on any atom is 0.362 e. The summed E-state index contributed by atoms with van der Waals surface area (Å²) in [4.78, 5) is 30.4. The van der Waals surface area contributed by atoms with E-state index in [1.807, 2.05) is 38.1 Å². The second kappa shape index (κ2) is 18.1. The minimum Gasteiger partial charge on any atom is -0.461 e. The van der Waals surface area contributed by atoms with Crippen LogP contribution in [0, 0.1) is 0 Å². The van der Waals surface area contributed by atoms with Gasteiger partial charge in [-0.1, -0.05) is 97.1 Å². The topological polar surface area (TPSA) is 73.2 Å². The van der Waals surface area contributed by atoms with E-state index in [1.165, 1.54) is 70.6 Å². The molecule has 1 fully saturated rings. The lowest BCUT2D eigenvalue weighted by molar-refractivity contribution is 0.0516. The monoisotopic (exact) mass is 527 g/mol. The molecule has 6 heteroatoms. The normalized spacial score (nSPS) is 17.4. The van der Waals surface area contributed by atoms with Crippen LogP contribution < -0.4 is 10.9 Å². The van der Waals surface area contributed by atoms with Crippen LogP contribution in [0.2, 0.25) is 0 Å². The smallest absolute Gasteiger partial charge is 0.362 e. The van der Waals surface area contributed by atoms with E-state index in [0.29, 0.717) is 17.6 Å². The lowest BCUT2D eigenvalue weighted by atomic mass is 9.95. The van der Waals surface area contributed by atoms with Gasteiger partial charge >= 0.3 is 5.97 Å². The molecule has 1 saturated carbocycles. The van der Waals surface area contributed by atoms with Gasteiger partial charge < -0.3 is 14.6 Å². The van der Waals surface area contributed by atoms with E-state index < -0.39 is 5.97 Å². The highest BCUT2D eigenvalue weighted by atomic mass is 16.5. The largest absolute Gasteiger partial charge is 0.461 e. The number of benzene rings is 1. The fraction of sp³-hybridized carbons (Fsp3) is 0.719.